The summed E-state index contributed by atoms with van der Waals surface area (Å²) >= 11 is 0. The van der Waals surface area contributed by atoms with Crippen molar-refractivity contribution >= 4 is 17.3 Å². The van der Waals surface area contributed by atoms with Gasteiger partial charge < -0.3 is 19.7 Å². The van der Waals surface area contributed by atoms with E-state index in [1.165, 1.54) is 19.3 Å². The number of hydrogen-bond donors (Lipinski definition) is 1. The van der Waals surface area contributed by atoms with Crippen molar-refractivity contribution < 1.29 is 9.47 Å². The number of rotatable bonds is 4. The summed E-state index contributed by atoms with van der Waals surface area (Å²) in [6.07, 6.45) is 6.56. The quantitative estimate of drug-likeness (QED) is 0.914. The Morgan fingerprint density at radius 1 is 1.12 bits per heavy atom. The average Bonchev–Trinajstić information content (AvgIpc) is 2.68. The van der Waals surface area contributed by atoms with Crippen LogP contribution in [-0.4, -0.2) is 35.8 Å². The molecule has 0 amide bonds. The number of hydrogen-bond acceptors (Lipinski definition) is 6. The van der Waals surface area contributed by atoms with Gasteiger partial charge >= 0.3 is 0 Å². The van der Waals surface area contributed by atoms with E-state index in [1.807, 2.05) is 24.3 Å². The molecule has 2 aliphatic heterocycles. The molecular formula is C19H24N4O2. The fourth-order valence-corrected chi connectivity index (χ4v) is 3.57. The number of nitrogens with zero attached hydrogens (tertiary/aromatic N) is 3. The highest BCUT2D eigenvalue weighted by Gasteiger charge is 2.22. The second-order valence-electron chi connectivity index (χ2n) is 6.50. The molecule has 25 heavy (non-hydrogen) atoms. The van der Waals surface area contributed by atoms with E-state index in [-0.39, 0.29) is 0 Å². The molecular weight excluding hydrogens is 316 g/mol. The number of ether oxygens (including phenoxy) is 2. The lowest BCUT2D eigenvalue weighted by molar-refractivity contribution is 0.171. The van der Waals surface area contributed by atoms with Crippen molar-refractivity contribution in [3.8, 4) is 11.5 Å². The first-order valence-electron chi connectivity index (χ1n) is 9.09. The monoisotopic (exact) mass is 340 g/mol. The van der Waals surface area contributed by atoms with Crippen LogP contribution in [0.5, 0.6) is 11.5 Å². The molecule has 0 bridgehead atoms. The summed E-state index contributed by atoms with van der Waals surface area (Å²) in [7, 11) is 0. The van der Waals surface area contributed by atoms with Gasteiger partial charge in [0.25, 0.3) is 0 Å². The van der Waals surface area contributed by atoms with Gasteiger partial charge in [-0.2, -0.15) is 0 Å². The minimum Gasteiger partial charge on any atom is -0.486 e. The Labute approximate surface area is 148 Å². The van der Waals surface area contributed by atoms with Crippen molar-refractivity contribution in [1.82, 2.24) is 9.97 Å². The van der Waals surface area contributed by atoms with Crippen molar-refractivity contribution in [3.05, 3.63) is 30.6 Å². The molecule has 2 aliphatic rings. The lowest BCUT2D eigenvalue weighted by Crippen LogP contribution is -2.39. The minimum absolute atomic E-state index is 0.575. The van der Waals surface area contributed by atoms with Crippen molar-refractivity contribution in [2.45, 2.75) is 38.6 Å². The fourth-order valence-electron chi connectivity index (χ4n) is 3.57. The van der Waals surface area contributed by atoms with Crippen molar-refractivity contribution in [1.29, 1.82) is 0 Å². The van der Waals surface area contributed by atoms with Crippen molar-refractivity contribution in [3.63, 3.8) is 0 Å². The van der Waals surface area contributed by atoms with Crippen LogP contribution < -0.4 is 19.7 Å². The molecule has 6 heteroatoms. The van der Waals surface area contributed by atoms with Gasteiger partial charge in [0.1, 0.15) is 31.2 Å². The SMILES string of the molecule is CCC1CCCCN1c1cc(Nc2ccc3c(c2)OCCO3)ncn1. The number of anilines is 3. The Hall–Kier alpha value is -2.50. The predicted octanol–water partition coefficient (Wildman–Crippen LogP) is 3.76. The molecule has 1 aromatic heterocycles. The number of piperidine rings is 1. The normalized spacial score (nSPS) is 19.6. The molecule has 1 N–H and O–H groups in total. The molecule has 1 fully saturated rings. The largest absolute Gasteiger partial charge is 0.486 e. The second-order valence-corrected chi connectivity index (χ2v) is 6.50. The molecule has 0 saturated carbocycles. The van der Waals surface area contributed by atoms with Crippen LogP contribution in [0.3, 0.4) is 0 Å². The summed E-state index contributed by atoms with van der Waals surface area (Å²) in [5, 5.41) is 3.35. The number of benzene rings is 1. The van der Waals surface area contributed by atoms with Crippen molar-refractivity contribution in [2.24, 2.45) is 0 Å². The molecule has 0 radical (unpaired) electrons. The summed E-state index contributed by atoms with van der Waals surface area (Å²) in [6, 6.07) is 8.46. The van der Waals surface area contributed by atoms with Gasteiger partial charge in [-0.1, -0.05) is 6.92 Å². The molecule has 6 nitrogen and oxygen atoms in total. The van der Waals surface area contributed by atoms with E-state index >= 15 is 0 Å². The van der Waals surface area contributed by atoms with E-state index in [1.54, 1.807) is 6.33 Å². The van der Waals surface area contributed by atoms with Crippen LogP contribution >= 0.6 is 0 Å². The van der Waals surface area contributed by atoms with E-state index < -0.39 is 0 Å². The van der Waals surface area contributed by atoms with E-state index in [0.29, 0.717) is 19.3 Å². The topological polar surface area (TPSA) is 59.5 Å². The molecule has 0 aliphatic carbocycles. The summed E-state index contributed by atoms with van der Waals surface area (Å²) < 4.78 is 11.2. The van der Waals surface area contributed by atoms with Gasteiger partial charge in [0.05, 0.1) is 0 Å². The Morgan fingerprint density at radius 2 is 2.00 bits per heavy atom. The summed E-state index contributed by atoms with van der Waals surface area (Å²) in [5.41, 5.74) is 0.930. The third kappa shape index (κ3) is 3.48. The summed E-state index contributed by atoms with van der Waals surface area (Å²) in [6.45, 7) is 4.50. The number of aromatic nitrogens is 2. The van der Waals surface area contributed by atoms with Gasteiger partial charge in [0.2, 0.25) is 0 Å². The zero-order valence-electron chi connectivity index (χ0n) is 14.6. The molecule has 1 unspecified atom stereocenters. The first kappa shape index (κ1) is 16.0. The van der Waals surface area contributed by atoms with Crippen LogP contribution in [0.2, 0.25) is 0 Å². The fraction of sp³-hybridized carbons (Fsp3) is 0.474. The Kier molecular flexibility index (Phi) is 4.59. The molecule has 0 spiro atoms. The first-order chi connectivity index (χ1) is 12.3. The van der Waals surface area contributed by atoms with Gasteiger partial charge in [0, 0.05) is 30.4 Å². The lowest BCUT2D eigenvalue weighted by atomic mass is 10.0. The maximum absolute atomic E-state index is 5.64. The smallest absolute Gasteiger partial charge is 0.163 e. The van der Waals surface area contributed by atoms with Gasteiger partial charge in [-0.3, -0.25) is 0 Å². The molecule has 3 heterocycles. The minimum atomic E-state index is 0.575. The van der Waals surface area contributed by atoms with E-state index in [4.69, 9.17) is 9.47 Å². The molecule has 4 rings (SSSR count). The lowest BCUT2D eigenvalue weighted by Gasteiger charge is -2.36. The Bertz CT molecular complexity index is 737. The molecule has 1 atom stereocenters. The van der Waals surface area contributed by atoms with Gasteiger partial charge in [0.15, 0.2) is 11.5 Å². The van der Waals surface area contributed by atoms with Gasteiger partial charge in [-0.05, 0) is 37.8 Å². The third-order valence-electron chi connectivity index (χ3n) is 4.86. The standard InChI is InChI=1S/C19H24N4O2/c1-2-15-5-3-4-8-23(15)19-12-18(20-13-21-19)22-14-6-7-16-17(11-14)25-10-9-24-16/h6-7,11-13,15H,2-5,8-10H2,1H3,(H,20,21,22). The van der Waals surface area contributed by atoms with Crippen LogP contribution in [0.4, 0.5) is 17.3 Å². The number of nitrogens with one attached hydrogen (secondary N) is 1. The molecule has 132 valence electrons. The highest BCUT2D eigenvalue weighted by Crippen LogP contribution is 2.34. The molecule has 2 aromatic rings. The van der Waals surface area contributed by atoms with Gasteiger partial charge in [-0.25, -0.2) is 9.97 Å². The van der Waals surface area contributed by atoms with Crippen LogP contribution in [0, 0.1) is 0 Å². The van der Waals surface area contributed by atoms with E-state index in [9.17, 15) is 0 Å². The third-order valence-corrected chi connectivity index (χ3v) is 4.86. The Balaban J connectivity index is 1.53. The highest BCUT2D eigenvalue weighted by atomic mass is 16.6. The van der Waals surface area contributed by atoms with E-state index in [0.717, 1.165) is 41.8 Å². The maximum Gasteiger partial charge on any atom is 0.163 e. The van der Waals surface area contributed by atoms with Crippen LogP contribution in [0.1, 0.15) is 32.6 Å². The first-order valence-corrected chi connectivity index (χ1v) is 9.09. The maximum atomic E-state index is 5.64. The molecule has 1 saturated heterocycles. The van der Waals surface area contributed by atoms with Gasteiger partial charge in [-0.15, -0.1) is 0 Å². The van der Waals surface area contributed by atoms with E-state index in [2.05, 4.69) is 27.1 Å². The zero-order valence-corrected chi connectivity index (χ0v) is 14.6. The predicted molar refractivity (Wildman–Crippen MR) is 98.0 cm³/mol. The van der Waals surface area contributed by atoms with Crippen LogP contribution in [0.15, 0.2) is 30.6 Å². The number of fused-ring (bicyclic) bond motifs is 1. The Morgan fingerprint density at radius 3 is 2.88 bits per heavy atom. The average molecular weight is 340 g/mol. The zero-order chi connectivity index (χ0) is 17.1. The highest BCUT2D eigenvalue weighted by molar-refractivity contribution is 5.63. The van der Waals surface area contributed by atoms with Crippen LogP contribution in [-0.2, 0) is 0 Å². The summed E-state index contributed by atoms with van der Waals surface area (Å²) in [4.78, 5) is 11.3. The summed E-state index contributed by atoms with van der Waals surface area (Å²) in [5.74, 6) is 3.36. The van der Waals surface area contributed by atoms with Crippen molar-refractivity contribution in [2.75, 3.05) is 30.0 Å². The van der Waals surface area contributed by atoms with Crippen LogP contribution in [0.25, 0.3) is 0 Å². The second kappa shape index (κ2) is 7.17. The molecule has 1 aromatic carbocycles.